The maximum absolute atomic E-state index is 12.6. The van der Waals surface area contributed by atoms with Crippen molar-refractivity contribution in [2.75, 3.05) is 7.11 Å². The first-order valence-corrected chi connectivity index (χ1v) is 11.8. The second-order valence-corrected chi connectivity index (χ2v) is 9.37. The van der Waals surface area contributed by atoms with Gasteiger partial charge in [-0.2, -0.15) is 13.5 Å². The molecule has 0 aromatic heterocycles. The van der Waals surface area contributed by atoms with Crippen LogP contribution in [-0.4, -0.2) is 32.6 Å². The van der Waals surface area contributed by atoms with Crippen molar-refractivity contribution in [3.8, 4) is 11.5 Å². The third-order valence-corrected chi connectivity index (χ3v) is 6.34. The summed E-state index contributed by atoms with van der Waals surface area (Å²) in [6.45, 7) is 0. The van der Waals surface area contributed by atoms with Crippen molar-refractivity contribution in [3.63, 3.8) is 0 Å². The van der Waals surface area contributed by atoms with Gasteiger partial charge in [0.15, 0.2) is 11.5 Å². The molecule has 3 aromatic rings. The molecule has 176 valence electrons. The molecule has 0 radical (unpaired) electrons. The molecule has 10 nitrogen and oxygen atoms in total. The van der Waals surface area contributed by atoms with Crippen LogP contribution < -0.4 is 14.3 Å². The van der Waals surface area contributed by atoms with Crippen LogP contribution in [-0.2, 0) is 10.1 Å². The molecule has 1 amide bonds. The Kier molecular flexibility index (Phi) is 7.87. The molecule has 0 bridgehead atoms. The zero-order valence-electron chi connectivity index (χ0n) is 17.3. The number of nitrogens with zero attached hydrogens (tertiary/aromatic N) is 2. The zero-order valence-corrected chi connectivity index (χ0v) is 20.4. The number of hydrogen-bond donors (Lipinski definition) is 1. The number of nitrogens with one attached hydrogen (secondary N) is 1. The summed E-state index contributed by atoms with van der Waals surface area (Å²) in [6, 6.07) is 13.4. The largest absolute Gasteiger partial charge is 0.493 e. The number of rotatable bonds is 8. The number of nitro groups is 1. The molecule has 0 aliphatic carbocycles. The molecule has 0 unspecified atom stereocenters. The van der Waals surface area contributed by atoms with Crippen LogP contribution in [0.4, 0.5) is 5.69 Å². The second kappa shape index (κ2) is 10.6. The van der Waals surface area contributed by atoms with Gasteiger partial charge in [0.25, 0.3) is 11.6 Å². The average molecular weight is 569 g/mol. The number of benzene rings is 3. The summed E-state index contributed by atoms with van der Waals surface area (Å²) in [5.74, 6) is -0.526. The number of amides is 1. The van der Waals surface area contributed by atoms with E-state index in [-0.39, 0.29) is 26.6 Å². The minimum atomic E-state index is -4.32. The lowest BCUT2D eigenvalue weighted by Gasteiger charge is -2.13. The Labute approximate surface area is 207 Å². The van der Waals surface area contributed by atoms with Gasteiger partial charge in [0.1, 0.15) is 4.90 Å². The summed E-state index contributed by atoms with van der Waals surface area (Å²) in [4.78, 5) is 22.0. The van der Waals surface area contributed by atoms with E-state index in [1.54, 1.807) is 24.3 Å². The molecular formula is C21H15BrClN3O7S. The highest BCUT2D eigenvalue weighted by Crippen LogP contribution is 2.38. The monoisotopic (exact) mass is 567 g/mol. The number of hydrogen-bond acceptors (Lipinski definition) is 8. The highest BCUT2D eigenvalue weighted by Gasteiger charge is 2.23. The lowest BCUT2D eigenvalue weighted by atomic mass is 10.2. The molecule has 3 aromatic carbocycles. The second-order valence-electron chi connectivity index (χ2n) is 6.53. The smallest absolute Gasteiger partial charge is 0.339 e. The minimum absolute atomic E-state index is 0.0605. The Bertz CT molecular complexity index is 1360. The summed E-state index contributed by atoms with van der Waals surface area (Å²) in [5.41, 5.74) is 2.93. The van der Waals surface area contributed by atoms with E-state index < -0.39 is 20.9 Å². The van der Waals surface area contributed by atoms with Crippen LogP contribution in [0.15, 0.2) is 75.1 Å². The average Bonchev–Trinajstić information content (AvgIpc) is 2.81. The van der Waals surface area contributed by atoms with E-state index in [1.165, 1.54) is 25.5 Å². The molecule has 3 rings (SSSR count). The lowest BCUT2D eigenvalue weighted by molar-refractivity contribution is -0.384. The van der Waals surface area contributed by atoms with E-state index >= 15 is 0 Å². The van der Waals surface area contributed by atoms with E-state index in [4.69, 9.17) is 20.5 Å². The van der Waals surface area contributed by atoms with Gasteiger partial charge in [0, 0.05) is 22.7 Å². The number of hydrazone groups is 1. The minimum Gasteiger partial charge on any atom is -0.493 e. The Morgan fingerprint density at radius 2 is 1.79 bits per heavy atom. The van der Waals surface area contributed by atoms with Gasteiger partial charge in [0.2, 0.25) is 0 Å². The predicted molar refractivity (Wildman–Crippen MR) is 128 cm³/mol. The highest BCUT2D eigenvalue weighted by molar-refractivity contribution is 9.10. The molecule has 0 saturated heterocycles. The van der Waals surface area contributed by atoms with Crippen molar-refractivity contribution in [3.05, 3.63) is 91.4 Å². The lowest BCUT2D eigenvalue weighted by Crippen LogP contribution is -2.17. The fourth-order valence-corrected chi connectivity index (χ4v) is 4.35. The van der Waals surface area contributed by atoms with Gasteiger partial charge in [0.05, 0.1) is 22.7 Å². The van der Waals surface area contributed by atoms with Gasteiger partial charge in [-0.25, -0.2) is 5.43 Å². The summed E-state index contributed by atoms with van der Waals surface area (Å²) in [7, 11) is -3.00. The van der Waals surface area contributed by atoms with Gasteiger partial charge >= 0.3 is 10.1 Å². The molecular weight excluding hydrogens is 554 g/mol. The van der Waals surface area contributed by atoms with E-state index in [1.807, 2.05) is 0 Å². The van der Waals surface area contributed by atoms with Gasteiger partial charge in [-0.1, -0.05) is 11.6 Å². The normalized spacial score (nSPS) is 11.3. The number of carbonyl (C=O) groups is 1. The molecule has 0 aliphatic rings. The fraction of sp³-hybridized carbons (Fsp3) is 0.0476. The Morgan fingerprint density at radius 3 is 2.38 bits per heavy atom. The van der Waals surface area contributed by atoms with Gasteiger partial charge in [-0.3, -0.25) is 14.9 Å². The third-order valence-electron chi connectivity index (χ3n) is 4.27. The number of halogens is 2. The molecule has 0 heterocycles. The molecule has 0 spiro atoms. The molecule has 0 atom stereocenters. The predicted octanol–water partition coefficient (Wildman–Crippen LogP) is 4.55. The highest BCUT2D eigenvalue weighted by atomic mass is 79.9. The van der Waals surface area contributed by atoms with Crippen LogP contribution >= 0.6 is 27.5 Å². The van der Waals surface area contributed by atoms with E-state index in [0.717, 1.165) is 24.3 Å². The molecule has 0 aliphatic heterocycles. The van der Waals surface area contributed by atoms with E-state index in [9.17, 15) is 23.3 Å². The summed E-state index contributed by atoms with van der Waals surface area (Å²) in [5, 5.41) is 15.2. The first kappa shape index (κ1) is 25.1. The first-order chi connectivity index (χ1) is 16.1. The van der Waals surface area contributed by atoms with Crippen LogP contribution in [0.25, 0.3) is 0 Å². The Balaban J connectivity index is 1.78. The molecule has 0 fully saturated rings. The van der Waals surface area contributed by atoms with Crippen LogP contribution in [0.2, 0.25) is 5.02 Å². The van der Waals surface area contributed by atoms with E-state index in [0.29, 0.717) is 16.1 Å². The van der Waals surface area contributed by atoms with Gasteiger partial charge in [-0.05, 0) is 70.0 Å². The molecule has 34 heavy (non-hydrogen) atoms. The molecule has 0 saturated carbocycles. The van der Waals surface area contributed by atoms with E-state index in [2.05, 4.69) is 26.5 Å². The topological polar surface area (TPSA) is 137 Å². The SMILES string of the molecule is COc1cc(/C=N\NC(=O)c2ccc(Cl)cc2)cc(Br)c1OS(=O)(=O)c1ccc([N+](=O)[O-])cc1. The number of non-ortho nitro benzene ring substituents is 1. The van der Waals surface area contributed by atoms with Gasteiger partial charge < -0.3 is 8.92 Å². The van der Waals surface area contributed by atoms with Crippen LogP contribution in [0.3, 0.4) is 0 Å². The van der Waals surface area contributed by atoms with Crippen molar-refractivity contribution >= 4 is 55.5 Å². The third kappa shape index (κ3) is 6.10. The fourth-order valence-electron chi connectivity index (χ4n) is 2.62. The molecule has 13 heteroatoms. The van der Waals surface area contributed by atoms with Crippen LogP contribution in [0.5, 0.6) is 11.5 Å². The zero-order chi connectivity index (χ0) is 24.9. The maximum Gasteiger partial charge on any atom is 0.339 e. The number of ether oxygens (including phenoxy) is 1. The van der Waals surface area contributed by atoms with Crippen molar-refractivity contribution in [1.82, 2.24) is 5.43 Å². The van der Waals surface area contributed by atoms with Crippen molar-refractivity contribution in [2.45, 2.75) is 4.90 Å². The number of nitro benzene ring substituents is 1. The summed E-state index contributed by atoms with van der Waals surface area (Å²) in [6.07, 6.45) is 1.33. The van der Waals surface area contributed by atoms with Crippen molar-refractivity contribution in [1.29, 1.82) is 0 Å². The first-order valence-electron chi connectivity index (χ1n) is 9.26. The van der Waals surface area contributed by atoms with Crippen LogP contribution in [0.1, 0.15) is 15.9 Å². The Morgan fingerprint density at radius 1 is 1.15 bits per heavy atom. The molecule has 1 N–H and O–H groups in total. The van der Waals surface area contributed by atoms with Crippen LogP contribution in [0, 0.1) is 10.1 Å². The van der Waals surface area contributed by atoms with Crippen molar-refractivity contribution in [2.24, 2.45) is 5.10 Å². The number of carbonyl (C=O) groups excluding carboxylic acids is 1. The quantitative estimate of drug-likeness (QED) is 0.182. The maximum atomic E-state index is 12.6. The van der Waals surface area contributed by atoms with Gasteiger partial charge in [-0.15, -0.1) is 0 Å². The van der Waals surface area contributed by atoms with Crippen molar-refractivity contribution < 1.29 is 27.1 Å². The Hall–Kier alpha value is -3.48. The summed E-state index contributed by atoms with van der Waals surface area (Å²) >= 11 is 9.04. The summed E-state index contributed by atoms with van der Waals surface area (Å²) < 4.78 is 36.0. The number of methoxy groups -OCH3 is 1. The standard InChI is InChI=1S/C21H15BrClN3O7S/c1-32-19-11-13(12-24-25-21(27)14-2-4-15(23)5-3-14)10-18(22)20(19)33-34(30,31)17-8-6-16(7-9-17)26(28)29/h2-12H,1H3,(H,25,27)/b24-12-.